The molecule has 0 amide bonds. The summed E-state index contributed by atoms with van der Waals surface area (Å²) < 4.78 is 26.6. The summed E-state index contributed by atoms with van der Waals surface area (Å²) in [6, 6.07) is 3.63. The Balaban J connectivity index is 3.24. The van der Waals surface area contributed by atoms with Crippen LogP contribution in [-0.4, -0.2) is 12.3 Å². The van der Waals surface area contributed by atoms with Gasteiger partial charge in [0.2, 0.25) is 0 Å². The molecule has 1 aromatic rings. The van der Waals surface area contributed by atoms with E-state index in [-0.39, 0.29) is 12.1 Å². The van der Waals surface area contributed by atoms with Crippen molar-refractivity contribution in [3.8, 4) is 0 Å². The number of Topliss-reactive ketones (excluding diaryl/α,β-unsaturated/α-hetero) is 1. The lowest BCUT2D eigenvalue weighted by atomic mass is 9.76. The first kappa shape index (κ1) is 13.8. The molecule has 0 fully saturated rings. The largest absolute Gasteiger partial charge is 0.329 e. The number of hydrogen-bond acceptors (Lipinski definition) is 2. The topological polar surface area (TPSA) is 43.1 Å². The Morgan fingerprint density at radius 3 is 2.35 bits per heavy atom. The fourth-order valence-corrected chi connectivity index (χ4v) is 1.92. The molecule has 2 N–H and O–H groups in total. The number of ketones is 1. The van der Waals surface area contributed by atoms with E-state index in [1.807, 2.05) is 13.8 Å². The van der Waals surface area contributed by atoms with E-state index in [2.05, 4.69) is 0 Å². The van der Waals surface area contributed by atoms with Gasteiger partial charge >= 0.3 is 0 Å². The molecule has 0 aliphatic rings. The molecule has 0 heterocycles. The smallest absolute Gasteiger partial charge is 0.173 e. The van der Waals surface area contributed by atoms with Crippen LogP contribution in [0.2, 0.25) is 0 Å². The fourth-order valence-electron chi connectivity index (χ4n) is 1.92. The summed E-state index contributed by atoms with van der Waals surface area (Å²) in [5, 5.41) is 0. The van der Waals surface area contributed by atoms with Crippen molar-refractivity contribution in [2.75, 3.05) is 6.54 Å². The zero-order valence-corrected chi connectivity index (χ0v) is 10.1. The minimum absolute atomic E-state index is 0.134. The predicted molar refractivity (Wildman–Crippen MR) is 62.8 cm³/mol. The number of rotatable bonds is 5. The summed E-state index contributed by atoms with van der Waals surface area (Å²) in [5.74, 6) is -2.51. The average molecular weight is 241 g/mol. The van der Waals surface area contributed by atoms with Crippen LogP contribution in [0.3, 0.4) is 0 Å². The molecule has 1 rings (SSSR count). The lowest BCUT2D eigenvalue weighted by molar-refractivity contribution is 0.0781. The minimum Gasteiger partial charge on any atom is -0.329 e. The third-order valence-electron chi connectivity index (χ3n) is 3.42. The molecule has 0 aliphatic heterocycles. The molecule has 4 heteroatoms. The summed E-state index contributed by atoms with van der Waals surface area (Å²) in [7, 11) is 0. The van der Waals surface area contributed by atoms with Crippen LogP contribution in [0.1, 0.15) is 37.0 Å². The molecule has 2 nitrogen and oxygen atoms in total. The standard InChI is InChI=1S/C13H17F2NO/c1-3-13(4-2,8-16)12(17)9-6-5-7-10(14)11(9)15/h5-7H,3-4,8,16H2,1-2H3. The van der Waals surface area contributed by atoms with Gasteiger partial charge in [-0.3, -0.25) is 4.79 Å². The average Bonchev–Trinajstić information content (AvgIpc) is 2.35. The van der Waals surface area contributed by atoms with E-state index in [4.69, 9.17) is 5.73 Å². The van der Waals surface area contributed by atoms with E-state index in [1.165, 1.54) is 12.1 Å². The van der Waals surface area contributed by atoms with Gasteiger partial charge in [-0.2, -0.15) is 0 Å². The van der Waals surface area contributed by atoms with E-state index in [9.17, 15) is 13.6 Å². The molecule has 0 radical (unpaired) electrons. The maximum Gasteiger partial charge on any atom is 0.173 e. The first-order valence-electron chi connectivity index (χ1n) is 5.71. The van der Waals surface area contributed by atoms with Crippen molar-refractivity contribution in [2.24, 2.45) is 11.1 Å². The summed E-state index contributed by atoms with van der Waals surface area (Å²) in [6.45, 7) is 3.78. The molecule has 94 valence electrons. The van der Waals surface area contributed by atoms with E-state index in [1.54, 1.807) is 0 Å². The third-order valence-corrected chi connectivity index (χ3v) is 3.42. The van der Waals surface area contributed by atoms with Gasteiger partial charge in [0.25, 0.3) is 0 Å². The van der Waals surface area contributed by atoms with Gasteiger partial charge < -0.3 is 5.73 Å². The number of halogens is 2. The van der Waals surface area contributed by atoms with Crippen LogP contribution in [0, 0.1) is 17.0 Å². The van der Waals surface area contributed by atoms with E-state index in [0.29, 0.717) is 12.8 Å². The predicted octanol–water partition coefficient (Wildman–Crippen LogP) is 2.91. The van der Waals surface area contributed by atoms with Gasteiger partial charge in [0, 0.05) is 12.0 Å². The molecule has 0 saturated carbocycles. The van der Waals surface area contributed by atoms with Crippen LogP contribution in [0.25, 0.3) is 0 Å². The molecule has 0 spiro atoms. The first-order chi connectivity index (χ1) is 8.02. The molecule has 0 unspecified atom stereocenters. The van der Waals surface area contributed by atoms with Crippen molar-refractivity contribution >= 4 is 5.78 Å². The molecular weight excluding hydrogens is 224 g/mol. The number of carbonyl (C=O) groups excluding carboxylic acids is 1. The van der Waals surface area contributed by atoms with Gasteiger partial charge in [-0.1, -0.05) is 19.9 Å². The zero-order chi connectivity index (χ0) is 13.1. The quantitative estimate of drug-likeness (QED) is 0.805. The summed E-state index contributed by atoms with van der Waals surface area (Å²) in [5.41, 5.74) is 4.61. The van der Waals surface area contributed by atoms with Crippen molar-refractivity contribution in [1.29, 1.82) is 0 Å². The maximum absolute atomic E-state index is 13.6. The van der Waals surface area contributed by atoms with Gasteiger partial charge in [0.05, 0.1) is 5.56 Å². The normalized spacial score (nSPS) is 11.6. The fraction of sp³-hybridized carbons (Fsp3) is 0.462. The zero-order valence-electron chi connectivity index (χ0n) is 10.1. The molecule has 1 aromatic carbocycles. The first-order valence-corrected chi connectivity index (χ1v) is 5.71. The van der Waals surface area contributed by atoms with Crippen molar-refractivity contribution in [2.45, 2.75) is 26.7 Å². The van der Waals surface area contributed by atoms with Crippen LogP contribution in [-0.2, 0) is 0 Å². The Kier molecular flexibility index (Phi) is 4.34. The van der Waals surface area contributed by atoms with Gasteiger partial charge in [-0.05, 0) is 25.0 Å². The Hall–Kier alpha value is -1.29. The molecule has 0 bridgehead atoms. The summed E-state index contributed by atoms with van der Waals surface area (Å²) in [4.78, 5) is 12.2. The summed E-state index contributed by atoms with van der Waals surface area (Å²) in [6.07, 6.45) is 1.02. The van der Waals surface area contributed by atoms with Crippen LogP contribution in [0.15, 0.2) is 18.2 Å². The van der Waals surface area contributed by atoms with Crippen LogP contribution < -0.4 is 5.73 Å². The summed E-state index contributed by atoms with van der Waals surface area (Å²) >= 11 is 0. The maximum atomic E-state index is 13.6. The van der Waals surface area contributed by atoms with Gasteiger partial charge in [0.15, 0.2) is 17.4 Å². The van der Waals surface area contributed by atoms with Crippen LogP contribution in [0.5, 0.6) is 0 Å². The third kappa shape index (κ3) is 2.36. The Labute approximate surface area is 99.8 Å². The highest BCUT2D eigenvalue weighted by atomic mass is 19.2. The van der Waals surface area contributed by atoms with Crippen molar-refractivity contribution in [1.82, 2.24) is 0 Å². The lowest BCUT2D eigenvalue weighted by Crippen LogP contribution is -2.38. The van der Waals surface area contributed by atoms with Crippen LogP contribution in [0.4, 0.5) is 8.78 Å². The van der Waals surface area contributed by atoms with Gasteiger partial charge in [-0.15, -0.1) is 0 Å². The number of benzene rings is 1. The second-order valence-electron chi connectivity index (χ2n) is 4.12. The highest BCUT2D eigenvalue weighted by Crippen LogP contribution is 2.31. The molecular formula is C13H17F2NO. The number of hydrogen-bond donors (Lipinski definition) is 1. The Bertz CT molecular complexity index is 406. The van der Waals surface area contributed by atoms with E-state index < -0.39 is 22.8 Å². The number of nitrogens with two attached hydrogens (primary N) is 1. The van der Waals surface area contributed by atoms with Crippen LogP contribution >= 0.6 is 0 Å². The molecule has 0 saturated heterocycles. The van der Waals surface area contributed by atoms with Crippen molar-refractivity contribution in [3.63, 3.8) is 0 Å². The second kappa shape index (κ2) is 5.36. The van der Waals surface area contributed by atoms with Gasteiger partial charge in [-0.25, -0.2) is 8.78 Å². The monoisotopic (exact) mass is 241 g/mol. The Morgan fingerprint density at radius 2 is 1.88 bits per heavy atom. The van der Waals surface area contributed by atoms with Crippen molar-refractivity contribution in [3.05, 3.63) is 35.4 Å². The van der Waals surface area contributed by atoms with Crippen molar-refractivity contribution < 1.29 is 13.6 Å². The molecule has 17 heavy (non-hydrogen) atoms. The SMILES string of the molecule is CCC(CC)(CN)C(=O)c1cccc(F)c1F. The highest BCUT2D eigenvalue weighted by Gasteiger charge is 2.35. The molecule has 0 aromatic heterocycles. The molecule has 0 aliphatic carbocycles. The number of carbonyl (C=O) groups is 1. The van der Waals surface area contributed by atoms with E-state index >= 15 is 0 Å². The highest BCUT2D eigenvalue weighted by molar-refractivity contribution is 6.00. The lowest BCUT2D eigenvalue weighted by Gasteiger charge is -2.28. The second-order valence-corrected chi connectivity index (χ2v) is 4.12. The Morgan fingerprint density at radius 1 is 1.29 bits per heavy atom. The minimum atomic E-state index is -1.09. The molecule has 0 atom stereocenters. The van der Waals surface area contributed by atoms with E-state index in [0.717, 1.165) is 6.07 Å². The van der Waals surface area contributed by atoms with Gasteiger partial charge in [0.1, 0.15) is 0 Å².